The molecule has 2 N–H and O–H groups in total. The van der Waals surface area contributed by atoms with Gasteiger partial charge in [-0.15, -0.1) is 0 Å². The fourth-order valence-electron chi connectivity index (χ4n) is 2.88. The van der Waals surface area contributed by atoms with Crippen LogP contribution < -0.4 is 5.32 Å². The van der Waals surface area contributed by atoms with Crippen molar-refractivity contribution >= 4 is 5.69 Å². The summed E-state index contributed by atoms with van der Waals surface area (Å²) < 4.78 is 0. The fourth-order valence-corrected chi connectivity index (χ4v) is 2.88. The number of hydrogen-bond acceptors (Lipinski definition) is 3. The summed E-state index contributed by atoms with van der Waals surface area (Å²) in [5.41, 5.74) is 2.96. The van der Waals surface area contributed by atoms with Gasteiger partial charge in [-0.05, 0) is 71.3 Å². The highest BCUT2D eigenvalue weighted by atomic mass is 16.3. The van der Waals surface area contributed by atoms with Crippen LogP contribution in [-0.2, 0) is 0 Å². The van der Waals surface area contributed by atoms with Crippen molar-refractivity contribution in [2.75, 3.05) is 25.5 Å². The largest absolute Gasteiger partial charge is 0.507 e. The number of hydrogen-bond donors (Lipinski definition) is 2. The number of nitrogens with one attached hydrogen (secondary N) is 1. The van der Waals surface area contributed by atoms with Crippen LogP contribution in [0.1, 0.15) is 30.9 Å². The summed E-state index contributed by atoms with van der Waals surface area (Å²) in [5.74, 6) is 1.14. The molecule has 2 rings (SSSR count). The number of phenolic OH excluding ortho intramolecular Hbond substituents is 1. The van der Waals surface area contributed by atoms with E-state index >= 15 is 0 Å². The highest BCUT2D eigenvalue weighted by molar-refractivity contribution is 5.59. The summed E-state index contributed by atoms with van der Waals surface area (Å²) >= 11 is 0. The van der Waals surface area contributed by atoms with Crippen LogP contribution in [0.4, 0.5) is 5.69 Å². The van der Waals surface area contributed by atoms with E-state index in [-0.39, 0.29) is 0 Å². The highest BCUT2D eigenvalue weighted by Gasteiger charge is 2.22. The average Bonchev–Trinajstić information content (AvgIpc) is 2.40. The second kappa shape index (κ2) is 5.83. The molecule has 1 heterocycles. The van der Waals surface area contributed by atoms with Crippen molar-refractivity contribution in [2.45, 2.75) is 39.7 Å². The lowest BCUT2D eigenvalue weighted by atomic mass is 9.90. The van der Waals surface area contributed by atoms with Crippen LogP contribution in [0.25, 0.3) is 0 Å². The third-order valence-corrected chi connectivity index (χ3v) is 4.49. The lowest BCUT2D eigenvalue weighted by Crippen LogP contribution is -2.37. The quantitative estimate of drug-likeness (QED) is 0.878. The van der Waals surface area contributed by atoms with Crippen LogP contribution in [0.2, 0.25) is 0 Å². The lowest BCUT2D eigenvalue weighted by molar-refractivity contribution is 0.208. The van der Waals surface area contributed by atoms with E-state index in [0.717, 1.165) is 22.7 Å². The Morgan fingerprint density at radius 1 is 1.26 bits per heavy atom. The van der Waals surface area contributed by atoms with Gasteiger partial charge in [0.25, 0.3) is 0 Å². The van der Waals surface area contributed by atoms with Gasteiger partial charge in [-0.1, -0.05) is 6.07 Å². The van der Waals surface area contributed by atoms with Crippen LogP contribution in [0.5, 0.6) is 5.75 Å². The number of benzene rings is 1. The molecule has 0 saturated carbocycles. The number of nitrogens with zero attached hydrogens (tertiary/aromatic N) is 1. The third kappa shape index (κ3) is 3.21. The summed E-state index contributed by atoms with van der Waals surface area (Å²) in [5, 5.41) is 13.6. The van der Waals surface area contributed by atoms with Crippen molar-refractivity contribution in [1.82, 2.24) is 4.90 Å². The van der Waals surface area contributed by atoms with Crippen LogP contribution in [0, 0.1) is 19.8 Å². The van der Waals surface area contributed by atoms with Crippen molar-refractivity contribution in [3.63, 3.8) is 0 Å². The van der Waals surface area contributed by atoms with Gasteiger partial charge in [-0.25, -0.2) is 0 Å². The molecule has 19 heavy (non-hydrogen) atoms. The Morgan fingerprint density at radius 2 is 1.89 bits per heavy atom. The molecular formula is C16H26N2O. The number of phenols is 1. The monoisotopic (exact) mass is 262 g/mol. The number of anilines is 1. The minimum atomic E-state index is 0.417. The van der Waals surface area contributed by atoms with Gasteiger partial charge in [0, 0.05) is 17.3 Å². The molecule has 0 aliphatic carbocycles. The Labute approximate surface area is 116 Å². The fraction of sp³-hybridized carbons (Fsp3) is 0.625. The van der Waals surface area contributed by atoms with Crippen LogP contribution >= 0.6 is 0 Å². The van der Waals surface area contributed by atoms with Crippen molar-refractivity contribution in [1.29, 1.82) is 0 Å². The molecule has 0 radical (unpaired) electrons. The molecule has 3 nitrogen and oxygen atoms in total. The Hall–Kier alpha value is -1.22. The van der Waals surface area contributed by atoms with Crippen molar-refractivity contribution in [3.05, 3.63) is 23.3 Å². The Bertz CT molecular complexity index is 437. The van der Waals surface area contributed by atoms with Gasteiger partial charge in [0.05, 0.1) is 0 Å². The molecule has 1 aliphatic heterocycles. The first kappa shape index (κ1) is 14.2. The predicted molar refractivity (Wildman–Crippen MR) is 80.9 cm³/mol. The maximum atomic E-state index is 10.00. The Morgan fingerprint density at radius 3 is 2.53 bits per heavy atom. The van der Waals surface area contributed by atoms with Gasteiger partial charge in [0.15, 0.2) is 0 Å². The molecule has 1 aliphatic rings. The predicted octanol–water partition coefficient (Wildman–Crippen LogP) is 3.15. The molecule has 0 bridgehead atoms. The summed E-state index contributed by atoms with van der Waals surface area (Å²) in [4.78, 5) is 2.40. The maximum absolute atomic E-state index is 10.00. The van der Waals surface area contributed by atoms with E-state index in [4.69, 9.17) is 0 Å². The van der Waals surface area contributed by atoms with Gasteiger partial charge in [0.1, 0.15) is 5.75 Å². The number of rotatable bonds is 3. The second-order valence-corrected chi connectivity index (χ2v) is 5.98. The van der Waals surface area contributed by atoms with E-state index in [0.29, 0.717) is 11.8 Å². The zero-order chi connectivity index (χ0) is 14.0. The normalized spacial score (nSPS) is 19.4. The highest BCUT2D eigenvalue weighted by Crippen LogP contribution is 2.30. The van der Waals surface area contributed by atoms with Crippen molar-refractivity contribution in [3.8, 4) is 5.75 Å². The van der Waals surface area contributed by atoms with Gasteiger partial charge < -0.3 is 15.3 Å². The smallest absolute Gasteiger partial charge is 0.123 e. The topological polar surface area (TPSA) is 35.5 Å². The molecule has 1 atom stereocenters. The maximum Gasteiger partial charge on any atom is 0.123 e. The van der Waals surface area contributed by atoms with E-state index in [1.54, 1.807) is 0 Å². The molecule has 1 unspecified atom stereocenters. The second-order valence-electron chi connectivity index (χ2n) is 5.98. The van der Waals surface area contributed by atoms with E-state index in [1.807, 2.05) is 19.9 Å². The molecular weight excluding hydrogens is 236 g/mol. The standard InChI is InChI=1S/C16H26N2O/c1-11-5-6-15(12(2)16(11)19)17-13(3)14-7-9-18(4)10-8-14/h5-6,13-14,17,19H,7-10H2,1-4H3. The minimum absolute atomic E-state index is 0.417. The van der Waals surface area contributed by atoms with Crippen molar-refractivity contribution in [2.24, 2.45) is 5.92 Å². The number of aromatic hydroxyl groups is 1. The molecule has 0 amide bonds. The first-order valence-corrected chi connectivity index (χ1v) is 7.23. The molecule has 0 aromatic heterocycles. The molecule has 1 aromatic carbocycles. The van der Waals surface area contributed by atoms with E-state index in [2.05, 4.69) is 30.3 Å². The summed E-state index contributed by atoms with van der Waals surface area (Å²) in [7, 11) is 2.19. The first-order chi connectivity index (χ1) is 8.99. The van der Waals surface area contributed by atoms with Crippen LogP contribution in [0.3, 0.4) is 0 Å². The molecule has 1 saturated heterocycles. The van der Waals surface area contributed by atoms with E-state index < -0.39 is 0 Å². The first-order valence-electron chi connectivity index (χ1n) is 7.23. The summed E-state index contributed by atoms with van der Waals surface area (Å²) in [6.07, 6.45) is 2.50. The van der Waals surface area contributed by atoms with Crippen molar-refractivity contribution < 1.29 is 5.11 Å². The number of likely N-dealkylation sites (tertiary alicyclic amines) is 1. The third-order valence-electron chi connectivity index (χ3n) is 4.49. The Kier molecular flexibility index (Phi) is 4.35. The summed E-state index contributed by atoms with van der Waals surface area (Å²) in [6.45, 7) is 8.55. The van der Waals surface area contributed by atoms with E-state index in [1.165, 1.54) is 25.9 Å². The molecule has 3 heteroatoms. The SMILES string of the molecule is Cc1ccc(NC(C)C2CCN(C)CC2)c(C)c1O. The minimum Gasteiger partial charge on any atom is -0.507 e. The van der Waals surface area contributed by atoms with E-state index in [9.17, 15) is 5.11 Å². The lowest BCUT2D eigenvalue weighted by Gasteiger charge is -2.33. The molecule has 106 valence electrons. The average molecular weight is 262 g/mol. The number of piperidine rings is 1. The van der Waals surface area contributed by atoms with Gasteiger partial charge in [-0.2, -0.15) is 0 Å². The van der Waals surface area contributed by atoms with Gasteiger partial charge in [0.2, 0.25) is 0 Å². The molecule has 0 spiro atoms. The Balaban J connectivity index is 2.03. The molecule has 1 aromatic rings. The van der Waals surface area contributed by atoms with Gasteiger partial charge >= 0.3 is 0 Å². The van der Waals surface area contributed by atoms with Crippen LogP contribution in [0.15, 0.2) is 12.1 Å². The summed E-state index contributed by atoms with van der Waals surface area (Å²) in [6, 6.07) is 4.51. The zero-order valence-corrected chi connectivity index (χ0v) is 12.5. The molecule has 1 fully saturated rings. The van der Waals surface area contributed by atoms with Gasteiger partial charge in [-0.3, -0.25) is 0 Å². The van der Waals surface area contributed by atoms with Crippen LogP contribution in [-0.4, -0.2) is 36.2 Å². The zero-order valence-electron chi connectivity index (χ0n) is 12.5. The number of aryl methyl sites for hydroxylation is 1.